The van der Waals surface area contributed by atoms with Crippen molar-refractivity contribution in [2.75, 3.05) is 0 Å². The number of benzene rings is 2. The Hall–Kier alpha value is -0.830. The van der Waals surface area contributed by atoms with Gasteiger partial charge in [-0.25, -0.2) is 0 Å². The molecule has 17 heavy (non-hydrogen) atoms. The Morgan fingerprint density at radius 2 is 1.88 bits per heavy atom. The lowest BCUT2D eigenvalue weighted by Crippen LogP contribution is -2.02. The first-order chi connectivity index (χ1) is 8.09. The molecule has 0 fully saturated rings. The molecule has 1 atom stereocenters. The molecule has 2 rings (SSSR count). The van der Waals surface area contributed by atoms with Gasteiger partial charge in [-0.15, -0.1) is 0 Å². The molecule has 0 amide bonds. The fourth-order valence-corrected chi connectivity index (χ4v) is 2.38. The van der Waals surface area contributed by atoms with Crippen molar-refractivity contribution in [2.24, 2.45) is 0 Å². The zero-order valence-corrected chi connectivity index (χ0v) is 11.7. The van der Waals surface area contributed by atoms with Crippen LogP contribution in [0.25, 0.3) is 0 Å². The zero-order valence-electron chi connectivity index (χ0n) is 9.32. The van der Waals surface area contributed by atoms with Crippen molar-refractivity contribution in [1.29, 1.82) is 0 Å². The molecule has 2 aromatic rings. The monoisotopic (exact) mass is 310 g/mol. The molecule has 0 radical (unpaired) electrons. The largest absolute Gasteiger partial charge is 0.384 e. The lowest BCUT2D eigenvalue weighted by molar-refractivity contribution is 0.219. The molecule has 0 bridgehead atoms. The van der Waals surface area contributed by atoms with Gasteiger partial charge in [-0.1, -0.05) is 51.8 Å². The maximum atomic E-state index is 10.3. The second kappa shape index (κ2) is 5.21. The van der Waals surface area contributed by atoms with Crippen LogP contribution >= 0.6 is 27.5 Å². The van der Waals surface area contributed by atoms with Crippen LogP contribution in [0.1, 0.15) is 22.8 Å². The van der Waals surface area contributed by atoms with Gasteiger partial charge < -0.3 is 5.11 Å². The first-order valence-electron chi connectivity index (χ1n) is 5.28. The fourth-order valence-electron chi connectivity index (χ4n) is 1.78. The second-order valence-corrected chi connectivity index (χ2v) is 5.23. The summed E-state index contributed by atoms with van der Waals surface area (Å²) in [6, 6.07) is 13.2. The first kappa shape index (κ1) is 12.6. The summed E-state index contributed by atoms with van der Waals surface area (Å²) in [4.78, 5) is 0. The van der Waals surface area contributed by atoms with Crippen LogP contribution in [0, 0.1) is 6.92 Å². The summed E-state index contributed by atoms with van der Waals surface area (Å²) in [5, 5.41) is 11.0. The minimum absolute atomic E-state index is 0.647. The maximum absolute atomic E-state index is 10.3. The van der Waals surface area contributed by atoms with E-state index >= 15 is 0 Å². The minimum atomic E-state index is -0.647. The van der Waals surface area contributed by atoms with Gasteiger partial charge in [0.25, 0.3) is 0 Å². The van der Waals surface area contributed by atoms with E-state index in [1.165, 1.54) is 0 Å². The minimum Gasteiger partial charge on any atom is -0.384 e. The highest BCUT2D eigenvalue weighted by Crippen LogP contribution is 2.29. The van der Waals surface area contributed by atoms with Crippen molar-refractivity contribution < 1.29 is 5.11 Å². The molecule has 0 saturated carbocycles. The molecule has 0 heterocycles. The molecular weight excluding hydrogens is 300 g/mol. The smallest absolute Gasteiger partial charge is 0.104 e. The lowest BCUT2D eigenvalue weighted by Gasteiger charge is -2.15. The van der Waals surface area contributed by atoms with Gasteiger partial charge in [0.15, 0.2) is 0 Å². The summed E-state index contributed by atoms with van der Waals surface area (Å²) in [6.07, 6.45) is -0.647. The molecule has 0 aliphatic carbocycles. The van der Waals surface area contributed by atoms with Gasteiger partial charge in [0.1, 0.15) is 6.10 Å². The normalized spacial score (nSPS) is 12.5. The quantitative estimate of drug-likeness (QED) is 0.866. The molecule has 88 valence electrons. The molecule has 0 spiro atoms. The summed E-state index contributed by atoms with van der Waals surface area (Å²) in [5.74, 6) is 0. The Balaban J connectivity index is 2.44. The van der Waals surface area contributed by atoms with E-state index < -0.39 is 6.10 Å². The average molecular weight is 312 g/mol. The van der Waals surface area contributed by atoms with E-state index in [1.54, 1.807) is 0 Å². The number of hydrogen-bond acceptors (Lipinski definition) is 1. The highest BCUT2D eigenvalue weighted by Gasteiger charge is 2.14. The van der Waals surface area contributed by atoms with Crippen LogP contribution in [0.5, 0.6) is 0 Å². The van der Waals surface area contributed by atoms with Crippen molar-refractivity contribution in [3.05, 3.63) is 68.7 Å². The van der Waals surface area contributed by atoms with Crippen LogP contribution in [-0.2, 0) is 0 Å². The Labute approximate surface area is 114 Å². The number of halogens is 2. The summed E-state index contributed by atoms with van der Waals surface area (Å²) in [7, 11) is 0. The molecule has 0 saturated heterocycles. The maximum Gasteiger partial charge on any atom is 0.104 e. The van der Waals surface area contributed by atoms with Gasteiger partial charge in [0.2, 0.25) is 0 Å². The van der Waals surface area contributed by atoms with Gasteiger partial charge in [0.05, 0.1) is 0 Å². The number of aliphatic hydroxyl groups is 1. The van der Waals surface area contributed by atoms with E-state index in [2.05, 4.69) is 15.9 Å². The number of hydrogen-bond donors (Lipinski definition) is 1. The molecule has 0 aliphatic heterocycles. The Morgan fingerprint density at radius 1 is 1.18 bits per heavy atom. The lowest BCUT2D eigenvalue weighted by atomic mass is 9.98. The Bertz CT molecular complexity index is 539. The average Bonchev–Trinajstić information content (AvgIpc) is 2.32. The van der Waals surface area contributed by atoms with Gasteiger partial charge in [-0.2, -0.15) is 0 Å². The summed E-state index contributed by atoms with van der Waals surface area (Å²) < 4.78 is 0.953. The van der Waals surface area contributed by atoms with E-state index in [0.717, 1.165) is 21.2 Å². The standard InChI is InChI=1S/C14H12BrClO/c1-9-12(6-3-7-13(9)16)14(17)10-4-2-5-11(15)8-10/h2-8,14,17H,1H3/t14-/m1/s1. The third-order valence-electron chi connectivity index (χ3n) is 2.77. The van der Waals surface area contributed by atoms with E-state index in [0.29, 0.717) is 5.02 Å². The molecule has 0 aliphatic rings. The van der Waals surface area contributed by atoms with Crippen LogP contribution in [-0.4, -0.2) is 5.11 Å². The van der Waals surface area contributed by atoms with Crippen molar-refractivity contribution in [3.63, 3.8) is 0 Å². The van der Waals surface area contributed by atoms with Crippen LogP contribution in [0.15, 0.2) is 46.9 Å². The van der Waals surface area contributed by atoms with Gasteiger partial charge in [0, 0.05) is 9.50 Å². The third kappa shape index (κ3) is 2.71. The van der Waals surface area contributed by atoms with E-state index in [1.807, 2.05) is 49.4 Å². The molecule has 2 aromatic carbocycles. The number of aliphatic hydroxyl groups excluding tert-OH is 1. The Kier molecular flexibility index (Phi) is 3.87. The van der Waals surface area contributed by atoms with Gasteiger partial charge in [-0.3, -0.25) is 0 Å². The third-order valence-corrected chi connectivity index (χ3v) is 3.67. The summed E-state index contributed by atoms with van der Waals surface area (Å²) >= 11 is 9.46. The summed E-state index contributed by atoms with van der Waals surface area (Å²) in [6.45, 7) is 1.92. The Morgan fingerprint density at radius 3 is 2.59 bits per heavy atom. The molecule has 0 aromatic heterocycles. The van der Waals surface area contributed by atoms with Crippen LogP contribution in [0.3, 0.4) is 0 Å². The van der Waals surface area contributed by atoms with E-state index in [9.17, 15) is 5.11 Å². The van der Waals surface area contributed by atoms with Crippen molar-refractivity contribution in [3.8, 4) is 0 Å². The SMILES string of the molecule is Cc1c(Cl)cccc1[C@H](O)c1cccc(Br)c1. The van der Waals surface area contributed by atoms with Gasteiger partial charge >= 0.3 is 0 Å². The molecular formula is C14H12BrClO. The fraction of sp³-hybridized carbons (Fsp3) is 0.143. The first-order valence-corrected chi connectivity index (χ1v) is 6.45. The van der Waals surface area contributed by atoms with Crippen molar-refractivity contribution in [2.45, 2.75) is 13.0 Å². The molecule has 1 N–H and O–H groups in total. The predicted molar refractivity (Wildman–Crippen MR) is 74.4 cm³/mol. The predicted octanol–water partition coefficient (Wildman–Crippen LogP) is 4.49. The van der Waals surface area contributed by atoms with Crippen LogP contribution in [0.2, 0.25) is 5.02 Å². The molecule has 0 unspecified atom stereocenters. The van der Waals surface area contributed by atoms with Crippen molar-refractivity contribution >= 4 is 27.5 Å². The second-order valence-electron chi connectivity index (χ2n) is 3.91. The van der Waals surface area contributed by atoms with E-state index in [4.69, 9.17) is 11.6 Å². The number of rotatable bonds is 2. The highest BCUT2D eigenvalue weighted by atomic mass is 79.9. The highest BCUT2D eigenvalue weighted by molar-refractivity contribution is 9.10. The van der Waals surface area contributed by atoms with Crippen LogP contribution in [0.4, 0.5) is 0 Å². The topological polar surface area (TPSA) is 20.2 Å². The van der Waals surface area contributed by atoms with Crippen LogP contribution < -0.4 is 0 Å². The molecule has 1 nitrogen and oxygen atoms in total. The molecule has 3 heteroatoms. The summed E-state index contributed by atoms with van der Waals surface area (Å²) in [5.41, 5.74) is 2.61. The van der Waals surface area contributed by atoms with Gasteiger partial charge in [-0.05, 0) is 41.8 Å². The zero-order chi connectivity index (χ0) is 12.4. The van der Waals surface area contributed by atoms with Crippen molar-refractivity contribution in [1.82, 2.24) is 0 Å². The van der Waals surface area contributed by atoms with E-state index in [-0.39, 0.29) is 0 Å².